The van der Waals surface area contributed by atoms with Gasteiger partial charge in [-0.1, -0.05) is 0 Å². The lowest BCUT2D eigenvalue weighted by molar-refractivity contribution is -0.138. The maximum absolute atomic E-state index is 11.9. The molecular weight excluding hydrogens is 296 g/mol. The molecule has 2 aromatic heterocycles. The van der Waals surface area contributed by atoms with Gasteiger partial charge in [-0.3, -0.25) is 9.59 Å². The summed E-state index contributed by atoms with van der Waals surface area (Å²) in [6.45, 7) is 0. The summed E-state index contributed by atoms with van der Waals surface area (Å²) in [5, 5.41) is 12.4. The molecule has 1 aliphatic heterocycles. The third-order valence-electron chi connectivity index (χ3n) is 3.25. The Labute approximate surface area is 123 Å². The second-order valence-corrected chi connectivity index (χ2v) is 6.59. The molecular formula is C14H12O4S2. The Morgan fingerprint density at radius 3 is 3.05 bits per heavy atom. The van der Waals surface area contributed by atoms with Crippen LogP contribution in [0.4, 0.5) is 0 Å². The summed E-state index contributed by atoms with van der Waals surface area (Å²) in [6.07, 6.45) is 2.40. The predicted molar refractivity (Wildman–Crippen MR) is 79.9 cm³/mol. The second-order valence-electron chi connectivity index (χ2n) is 4.60. The Kier molecular flexibility index (Phi) is 3.67. The van der Waals surface area contributed by atoms with Crippen LogP contribution < -0.4 is 0 Å². The zero-order chi connectivity index (χ0) is 14.1. The number of ketones is 1. The van der Waals surface area contributed by atoms with Crippen molar-refractivity contribution < 1.29 is 19.1 Å². The first kappa shape index (κ1) is 13.5. The number of carboxylic acid groups (broad SMARTS) is 1. The lowest BCUT2D eigenvalue weighted by atomic mass is 10.0. The molecule has 4 nitrogen and oxygen atoms in total. The molecule has 0 fully saturated rings. The summed E-state index contributed by atoms with van der Waals surface area (Å²) in [4.78, 5) is 22.4. The maximum atomic E-state index is 11.9. The van der Waals surface area contributed by atoms with E-state index in [-0.39, 0.29) is 23.9 Å². The molecule has 0 bridgehead atoms. The van der Waals surface area contributed by atoms with Crippen molar-refractivity contribution >= 4 is 50.7 Å². The molecule has 1 atom stereocenters. The van der Waals surface area contributed by atoms with E-state index < -0.39 is 5.97 Å². The molecule has 0 aromatic carbocycles. The maximum Gasteiger partial charge on any atom is 0.303 e. The van der Waals surface area contributed by atoms with Crippen molar-refractivity contribution in [1.82, 2.24) is 0 Å². The summed E-state index contributed by atoms with van der Waals surface area (Å²) >= 11 is 3.10. The number of thiophene rings is 1. The zero-order valence-corrected chi connectivity index (χ0v) is 12.1. The summed E-state index contributed by atoms with van der Waals surface area (Å²) in [5.74, 6) is -0.917. The van der Waals surface area contributed by atoms with E-state index in [9.17, 15) is 9.59 Å². The number of thioether (sulfide) groups is 1. The van der Waals surface area contributed by atoms with E-state index in [1.807, 2.05) is 16.9 Å². The first-order valence-electron chi connectivity index (χ1n) is 6.19. The molecule has 104 valence electrons. The molecule has 0 saturated carbocycles. The Hall–Kier alpha value is -1.53. The minimum atomic E-state index is -0.926. The van der Waals surface area contributed by atoms with Gasteiger partial charge in [-0.15, -0.1) is 23.1 Å². The highest BCUT2D eigenvalue weighted by atomic mass is 32.2. The first-order chi connectivity index (χ1) is 9.65. The fraction of sp³-hybridized carbons (Fsp3) is 0.286. The van der Waals surface area contributed by atoms with Crippen molar-refractivity contribution in [3.63, 3.8) is 0 Å². The Morgan fingerprint density at radius 2 is 2.25 bits per heavy atom. The van der Waals surface area contributed by atoms with E-state index in [0.29, 0.717) is 6.42 Å². The van der Waals surface area contributed by atoms with Crippen molar-refractivity contribution in [3.8, 4) is 0 Å². The molecule has 2 aromatic rings. The van der Waals surface area contributed by atoms with Crippen molar-refractivity contribution in [2.45, 2.75) is 24.5 Å². The third-order valence-corrected chi connectivity index (χ3v) is 5.36. The van der Waals surface area contributed by atoms with E-state index >= 15 is 0 Å². The highest BCUT2D eigenvalue weighted by Gasteiger charge is 2.27. The number of hydrogen-bond donors (Lipinski definition) is 1. The van der Waals surface area contributed by atoms with Crippen molar-refractivity contribution in [2.24, 2.45) is 0 Å². The second kappa shape index (κ2) is 5.46. The zero-order valence-electron chi connectivity index (χ0n) is 10.5. The smallest absolute Gasteiger partial charge is 0.303 e. The third kappa shape index (κ3) is 2.53. The number of carboxylic acids is 1. The average molecular weight is 308 g/mol. The van der Waals surface area contributed by atoms with Gasteiger partial charge in [0.25, 0.3) is 0 Å². The summed E-state index contributed by atoms with van der Waals surface area (Å²) < 4.78 is 6.58. The standard InChI is InChI=1S/C14H12O4S2/c15-10(1-2-13(16)17)12-5-8(7-20-12)9-6-18-11-3-4-19-14(9)11/h3-4,6-7,12H,1-2,5H2,(H,16,17). The average Bonchev–Trinajstić information content (AvgIpc) is 3.10. The molecule has 0 aliphatic carbocycles. The quantitative estimate of drug-likeness (QED) is 0.910. The molecule has 0 amide bonds. The molecule has 0 spiro atoms. The molecule has 3 rings (SSSR count). The molecule has 1 aliphatic rings. The van der Waals surface area contributed by atoms with E-state index in [0.717, 1.165) is 21.4 Å². The Balaban J connectivity index is 1.69. The van der Waals surface area contributed by atoms with Crippen LogP contribution in [0.3, 0.4) is 0 Å². The Morgan fingerprint density at radius 1 is 1.40 bits per heavy atom. The van der Waals surface area contributed by atoms with Crippen LogP contribution in [-0.4, -0.2) is 22.1 Å². The SMILES string of the molecule is O=C(O)CCC(=O)C1CC(c2coc3ccsc23)=CS1. The number of furan rings is 1. The number of fused-ring (bicyclic) bond motifs is 1. The lowest BCUT2D eigenvalue weighted by Crippen LogP contribution is -2.15. The van der Waals surface area contributed by atoms with Crippen molar-refractivity contribution in [1.29, 1.82) is 0 Å². The van der Waals surface area contributed by atoms with E-state index in [2.05, 4.69) is 0 Å². The van der Waals surface area contributed by atoms with Gasteiger partial charge in [0.15, 0.2) is 0 Å². The number of rotatable bonds is 5. The van der Waals surface area contributed by atoms with Gasteiger partial charge in [-0.25, -0.2) is 0 Å². The van der Waals surface area contributed by atoms with Crippen LogP contribution in [0.5, 0.6) is 0 Å². The molecule has 20 heavy (non-hydrogen) atoms. The fourth-order valence-corrected chi connectivity index (χ4v) is 4.16. The van der Waals surface area contributed by atoms with Crippen LogP contribution >= 0.6 is 23.1 Å². The lowest BCUT2D eigenvalue weighted by Gasteiger charge is -2.06. The minimum Gasteiger partial charge on any atom is -0.481 e. The molecule has 0 radical (unpaired) electrons. The van der Waals surface area contributed by atoms with Crippen LogP contribution in [0.1, 0.15) is 24.8 Å². The van der Waals surface area contributed by atoms with Gasteiger partial charge in [-0.05, 0) is 28.8 Å². The summed E-state index contributed by atoms with van der Waals surface area (Å²) in [7, 11) is 0. The number of Topliss-reactive ketones (excluding diaryl/α,β-unsaturated/α-hetero) is 1. The predicted octanol–water partition coefficient (Wildman–Crippen LogP) is 3.77. The largest absolute Gasteiger partial charge is 0.481 e. The van der Waals surface area contributed by atoms with Gasteiger partial charge in [0, 0.05) is 12.0 Å². The molecule has 6 heteroatoms. The monoisotopic (exact) mass is 308 g/mol. The van der Waals surface area contributed by atoms with Crippen LogP contribution in [0.15, 0.2) is 27.5 Å². The topological polar surface area (TPSA) is 67.5 Å². The Bertz CT molecular complexity index is 695. The van der Waals surface area contributed by atoms with Gasteiger partial charge >= 0.3 is 5.97 Å². The molecule has 1 unspecified atom stereocenters. The number of allylic oxidation sites excluding steroid dienone is 1. The van der Waals surface area contributed by atoms with Gasteiger partial charge in [0.1, 0.15) is 17.6 Å². The molecule has 1 N–H and O–H groups in total. The van der Waals surface area contributed by atoms with E-state index in [1.54, 1.807) is 17.6 Å². The normalized spacial score (nSPS) is 18.4. The summed E-state index contributed by atoms with van der Waals surface area (Å²) in [5.41, 5.74) is 3.03. The van der Waals surface area contributed by atoms with Gasteiger partial charge in [0.2, 0.25) is 0 Å². The number of carbonyl (C=O) groups is 2. The highest BCUT2D eigenvalue weighted by molar-refractivity contribution is 8.03. The van der Waals surface area contributed by atoms with Gasteiger partial charge in [-0.2, -0.15) is 0 Å². The van der Waals surface area contributed by atoms with Gasteiger partial charge < -0.3 is 9.52 Å². The minimum absolute atomic E-state index is 0.00886. The van der Waals surface area contributed by atoms with Crippen LogP contribution in [0, 0.1) is 0 Å². The van der Waals surface area contributed by atoms with Crippen LogP contribution in [0.25, 0.3) is 15.9 Å². The fourth-order valence-electron chi connectivity index (χ4n) is 2.20. The number of hydrogen-bond acceptors (Lipinski definition) is 5. The first-order valence-corrected chi connectivity index (χ1v) is 8.01. The van der Waals surface area contributed by atoms with Gasteiger partial charge in [0.05, 0.1) is 16.4 Å². The molecule has 0 saturated heterocycles. The van der Waals surface area contributed by atoms with Crippen molar-refractivity contribution in [3.05, 3.63) is 28.7 Å². The summed E-state index contributed by atoms with van der Waals surface area (Å²) in [6, 6.07) is 1.93. The van der Waals surface area contributed by atoms with E-state index in [1.165, 1.54) is 11.8 Å². The highest BCUT2D eigenvalue weighted by Crippen LogP contribution is 2.41. The van der Waals surface area contributed by atoms with Crippen LogP contribution in [0.2, 0.25) is 0 Å². The van der Waals surface area contributed by atoms with Crippen molar-refractivity contribution in [2.75, 3.05) is 0 Å². The number of carbonyl (C=O) groups excluding carboxylic acids is 1. The number of aliphatic carboxylic acids is 1. The van der Waals surface area contributed by atoms with E-state index in [4.69, 9.17) is 9.52 Å². The van der Waals surface area contributed by atoms with Crippen LogP contribution in [-0.2, 0) is 9.59 Å². The molecule has 3 heterocycles.